The number of nitrogens with one attached hydrogen (secondary N) is 1. The van der Waals surface area contributed by atoms with E-state index in [1.165, 1.54) is 0 Å². The fourth-order valence-corrected chi connectivity index (χ4v) is 3.19. The molecule has 0 radical (unpaired) electrons. The number of hydrogen-bond donors (Lipinski definition) is 5. The summed E-state index contributed by atoms with van der Waals surface area (Å²) in [7, 11) is 1.10. The van der Waals surface area contributed by atoms with Gasteiger partial charge in [-0.1, -0.05) is 0 Å². The molecule has 23 heavy (non-hydrogen) atoms. The molecule has 11 nitrogen and oxygen atoms in total. The lowest BCUT2D eigenvalue weighted by Gasteiger charge is -2.31. The van der Waals surface area contributed by atoms with Gasteiger partial charge >= 0.3 is 12.4 Å². The van der Waals surface area contributed by atoms with Gasteiger partial charge < -0.3 is 29.5 Å². The fourth-order valence-electron chi connectivity index (χ4n) is 2.32. The number of rotatable bonds is 5. The van der Waals surface area contributed by atoms with E-state index < -0.39 is 48.8 Å². The van der Waals surface area contributed by atoms with Crippen molar-refractivity contribution in [2.24, 2.45) is 0 Å². The van der Waals surface area contributed by atoms with Crippen LogP contribution in [0.1, 0.15) is 0 Å². The number of methoxy groups -OCH3 is 1. The molecule has 1 fully saturated rings. The predicted molar refractivity (Wildman–Crippen MR) is 77.9 cm³/mol. The number of aliphatic hydroxyl groups excluding tert-OH is 2. The highest BCUT2D eigenvalue weighted by molar-refractivity contribution is 8.06. The first-order valence-corrected chi connectivity index (χ1v) is 8.85. The van der Waals surface area contributed by atoms with Crippen LogP contribution in [0.3, 0.4) is 0 Å². The lowest BCUT2D eigenvalue weighted by molar-refractivity contribution is -0.306. The third-order valence-electron chi connectivity index (χ3n) is 3.26. The second-order valence-corrected chi connectivity index (χ2v) is 7.28. The van der Waals surface area contributed by atoms with E-state index in [2.05, 4.69) is 11.8 Å². The SMILES string of the molecule is CO[C@@]1(n2ccc(=O)[nH]c2=O)O[C@H](CO)[C@@H](OP(O)(O)=S)[C@H]1O. The van der Waals surface area contributed by atoms with Crippen LogP contribution in [-0.4, -0.2) is 61.6 Å². The number of H-pyrrole nitrogens is 1. The van der Waals surface area contributed by atoms with Gasteiger partial charge in [-0.25, -0.2) is 9.36 Å². The molecular weight excluding hydrogens is 355 g/mol. The van der Waals surface area contributed by atoms with Crippen molar-refractivity contribution in [2.45, 2.75) is 24.2 Å². The van der Waals surface area contributed by atoms with Crippen LogP contribution in [0, 0.1) is 0 Å². The Morgan fingerprint density at radius 3 is 2.65 bits per heavy atom. The highest BCUT2D eigenvalue weighted by Gasteiger charge is 2.59. The van der Waals surface area contributed by atoms with Crippen molar-refractivity contribution in [3.05, 3.63) is 33.1 Å². The van der Waals surface area contributed by atoms with Gasteiger partial charge in [-0.15, -0.1) is 0 Å². The molecule has 130 valence electrons. The van der Waals surface area contributed by atoms with Gasteiger partial charge in [-0.05, 0) is 11.8 Å². The van der Waals surface area contributed by atoms with Crippen molar-refractivity contribution in [3.8, 4) is 0 Å². The summed E-state index contributed by atoms with van der Waals surface area (Å²) in [5, 5.41) is 19.8. The van der Waals surface area contributed by atoms with Crippen molar-refractivity contribution in [1.29, 1.82) is 0 Å². The molecule has 5 N–H and O–H groups in total. The van der Waals surface area contributed by atoms with Crippen molar-refractivity contribution < 1.29 is 34.0 Å². The van der Waals surface area contributed by atoms with Gasteiger partial charge in [0.05, 0.1) is 6.61 Å². The molecule has 1 aromatic heterocycles. The number of aliphatic hydroxyl groups is 2. The lowest BCUT2D eigenvalue weighted by atomic mass is 10.1. The Balaban J connectivity index is 2.52. The lowest BCUT2D eigenvalue weighted by Crippen LogP contribution is -2.52. The molecule has 0 bridgehead atoms. The number of hydrogen-bond acceptors (Lipinski definition) is 8. The Morgan fingerprint density at radius 2 is 2.17 bits per heavy atom. The maximum Gasteiger partial charge on any atom is 0.332 e. The first-order chi connectivity index (χ1) is 10.6. The summed E-state index contributed by atoms with van der Waals surface area (Å²) < 4.78 is 16.0. The topological polar surface area (TPSA) is 163 Å². The van der Waals surface area contributed by atoms with Gasteiger partial charge in [-0.3, -0.25) is 14.3 Å². The summed E-state index contributed by atoms with van der Waals surface area (Å²) in [4.78, 5) is 43.6. The Bertz CT molecular complexity index is 730. The third kappa shape index (κ3) is 3.45. The summed E-state index contributed by atoms with van der Waals surface area (Å²) >= 11 is 4.34. The number of nitrogens with zero attached hydrogens (tertiary/aromatic N) is 1. The van der Waals surface area contributed by atoms with Gasteiger partial charge in [0.1, 0.15) is 12.2 Å². The fraction of sp³-hybridized carbons (Fsp3) is 0.600. The van der Waals surface area contributed by atoms with E-state index in [-0.39, 0.29) is 0 Å². The molecule has 0 unspecified atom stereocenters. The standard InChI is InChI=1S/C10H15N2O9PS/c1-19-10(12-3-2-6(14)11-9(12)16)8(15)7(5(4-13)20-10)21-22(17,18)23/h2-3,5,7-8,13,15H,4H2,1H3,(H,11,14,16)(H2,17,18,23)/t5-,7-,8-,10-/m1/s1. The van der Waals surface area contributed by atoms with Crippen molar-refractivity contribution >= 4 is 18.5 Å². The minimum Gasteiger partial charge on any atom is -0.394 e. The molecule has 1 aromatic rings. The molecule has 0 aliphatic carbocycles. The minimum absolute atomic E-state index is 0.683. The average Bonchev–Trinajstić information content (AvgIpc) is 2.71. The van der Waals surface area contributed by atoms with E-state index in [0.29, 0.717) is 0 Å². The summed E-state index contributed by atoms with van der Waals surface area (Å²) in [5.41, 5.74) is -1.64. The van der Waals surface area contributed by atoms with Crippen molar-refractivity contribution in [3.63, 3.8) is 0 Å². The maximum atomic E-state index is 11.9. The van der Waals surface area contributed by atoms with Crippen LogP contribution in [-0.2, 0) is 31.7 Å². The molecule has 13 heteroatoms. The van der Waals surface area contributed by atoms with Crippen LogP contribution in [0.4, 0.5) is 0 Å². The molecule has 1 aliphatic rings. The monoisotopic (exact) mass is 370 g/mol. The molecule has 0 spiro atoms. The second-order valence-electron chi connectivity index (χ2n) is 4.66. The summed E-state index contributed by atoms with van der Waals surface area (Å²) in [5.74, 6) is -2.16. The molecule has 2 heterocycles. The van der Waals surface area contributed by atoms with Crippen LogP contribution in [0.2, 0.25) is 0 Å². The predicted octanol–water partition coefficient (Wildman–Crippen LogP) is -2.86. The highest BCUT2D eigenvalue weighted by Crippen LogP contribution is 2.45. The van der Waals surface area contributed by atoms with Gasteiger partial charge in [0.25, 0.3) is 11.5 Å². The van der Waals surface area contributed by atoms with E-state index in [9.17, 15) is 29.6 Å². The maximum absolute atomic E-state index is 11.9. The minimum atomic E-state index is -4.20. The molecule has 2 rings (SSSR count). The van der Waals surface area contributed by atoms with Gasteiger partial charge in [0.2, 0.25) is 0 Å². The molecule has 4 atom stereocenters. The van der Waals surface area contributed by atoms with Crippen molar-refractivity contribution in [2.75, 3.05) is 13.7 Å². The Labute approximate surface area is 133 Å². The van der Waals surface area contributed by atoms with E-state index in [1.807, 2.05) is 4.98 Å². The normalized spacial score (nSPS) is 31.4. The molecule has 1 saturated heterocycles. The summed E-state index contributed by atoms with van der Waals surface area (Å²) in [6.45, 7) is -4.89. The smallest absolute Gasteiger partial charge is 0.332 e. The molecule has 0 amide bonds. The second kappa shape index (κ2) is 6.51. The van der Waals surface area contributed by atoms with Crippen LogP contribution in [0.25, 0.3) is 0 Å². The zero-order chi connectivity index (χ0) is 17.4. The Hall–Kier alpha value is -0.950. The zero-order valence-corrected chi connectivity index (χ0v) is 13.4. The van der Waals surface area contributed by atoms with Gasteiger partial charge in [0.15, 0.2) is 6.10 Å². The van der Waals surface area contributed by atoms with E-state index >= 15 is 0 Å². The van der Waals surface area contributed by atoms with Crippen molar-refractivity contribution in [1.82, 2.24) is 9.55 Å². The molecular formula is C10H15N2O9PS. The largest absolute Gasteiger partial charge is 0.394 e. The summed E-state index contributed by atoms with van der Waals surface area (Å²) in [6.07, 6.45) is -3.52. The quantitative estimate of drug-likeness (QED) is 0.341. The third-order valence-corrected chi connectivity index (χ3v) is 4.04. The van der Waals surface area contributed by atoms with E-state index in [0.717, 1.165) is 23.9 Å². The highest BCUT2D eigenvalue weighted by atomic mass is 32.5. The van der Waals surface area contributed by atoms with Crippen LogP contribution < -0.4 is 11.2 Å². The van der Waals surface area contributed by atoms with Crippen LogP contribution in [0.5, 0.6) is 0 Å². The molecule has 1 aliphatic heterocycles. The summed E-state index contributed by atoms with van der Waals surface area (Å²) in [6, 6.07) is 0.989. The van der Waals surface area contributed by atoms with Crippen LogP contribution >= 0.6 is 6.72 Å². The average molecular weight is 370 g/mol. The van der Waals surface area contributed by atoms with E-state index in [4.69, 9.17) is 14.0 Å². The van der Waals surface area contributed by atoms with Gasteiger partial charge in [0, 0.05) is 19.4 Å². The van der Waals surface area contributed by atoms with Gasteiger partial charge in [-0.2, -0.15) is 0 Å². The number of aromatic amines is 1. The molecule has 0 saturated carbocycles. The first kappa shape index (κ1) is 18.4. The Kier molecular flexibility index (Phi) is 5.21. The van der Waals surface area contributed by atoms with Crippen LogP contribution in [0.15, 0.2) is 21.9 Å². The van der Waals surface area contributed by atoms with E-state index in [1.54, 1.807) is 0 Å². The number of aromatic nitrogens is 2. The molecule has 0 aromatic carbocycles. The Morgan fingerprint density at radius 1 is 1.52 bits per heavy atom. The zero-order valence-electron chi connectivity index (χ0n) is 11.7. The first-order valence-electron chi connectivity index (χ1n) is 6.23. The number of ether oxygens (including phenoxy) is 2.